The summed E-state index contributed by atoms with van der Waals surface area (Å²) in [5.41, 5.74) is 2.34. The van der Waals surface area contributed by atoms with Crippen LogP contribution in [0.4, 0.5) is 4.39 Å². The van der Waals surface area contributed by atoms with E-state index in [1.165, 1.54) is 12.1 Å². The highest BCUT2D eigenvalue weighted by molar-refractivity contribution is 5.87. The molecular weight excluding hydrogens is 371 g/mol. The van der Waals surface area contributed by atoms with Gasteiger partial charge < -0.3 is 9.52 Å². The number of aromatic carboxylic acids is 1. The minimum Gasteiger partial charge on any atom is -0.478 e. The largest absolute Gasteiger partial charge is 0.478 e. The van der Waals surface area contributed by atoms with Crippen molar-refractivity contribution >= 4 is 5.97 Å². The van der Waals surface area contributed by atoms with Gasteiger partial charge in [-0.3, -0.25) is 4.90 Å². The molecule has 1 aliphatic rings. The van der Waals surface area contributed by atoms with Gasteiger partial charge in [0.05, 0.1) is 17.8 Å². The summed E-state index contributed by atoms with van der Waals surface area (Å²) >= 11 is 0. The van der Waals surface area contributed by atoms with Crippen molar-refractivity contribution in [3.63, 3.8) is 0 Å². The van der Waals surface area contributed by atoms with E-state index in [2.05, 4.69) is 9.88 Å². The van der Waals surface area contributed by atoms with Crippen molar-refractivity contribution < 1.29 is 18.7 Å². The third kappa shape index (κ3) is 4.71. The highest BCUT2D eigenvalue weighted by Crippen LogP contribution is 2.32. The molecular formula is C23H23FN2O3. The molecule has 3 aromatic rings. The summed E-state index contributed by atoms with van der Waals surface area (Å²) < 4.78 is 19.1. The van der Waals surface area contributed by atoms with Crippen LogP contribution in [0, 0.1) is 5.82 Å². The number of hydrogen-bond acceptors (Lipinski definition) is 4. The standard InChI is InChI=1S/C23H23FN2O3/c24-19-10-6-16(7-11-19)13-20-14-25-22(29-20)21-3-1-2-12-26(21)15-17-4-8-18(9-5-17)23(27)28/h4-11,14,21H,1-3,12-13,15H2,(H,27,28). The fraction of sp³-hybridized carbons (Fsp3) is 0.304. The lowest BCUT2D eigenvalue weighted by Crippen LogP contribution is -2.33. The number of benzene rings is 2. The number of rotatable bonds is 6. The molecule has 0 saturated carbocycles. The van der Waals surface area contributed by atoms with Gasteiger partial charge in [0.15, 0.2) is 0 Å². The van der Waals surface area contributed by atoms with Gasteiger partial charge in [0.1, 0.15) is 11.6 Å². The van der Waals surface area contributed by atoms with Crippen LogP contribution in [-0.4, -0.2) is 27.5 Å². The predicted molar refractivity (Wildman–Crippen MR) is 106 cm³/mol. The number of aromatic nitrogens is 1. The summed E-state index contributed by atoms with van der Waals surface area (Å²) in [6, 6.07) is 13.5. The van der Waals surface area contributed by atoms with E-state index in [0.717, 1.165) is 49.2 Å². The van der Waals surface area contributed by atoms with Crippen molar-refractivity contribution in [2.24, 2.45) is 0 Å². The van der Waals surface area contributed by atoms with Gasteiger partial charge in [0, 0.05) is 13.0 Å². The summed E-state index contributed by atoms with van der Waals surface area (Å²) in [7, 11) is 0. The number of hydrogen-bond donors (Lipinski definition) is 1. The van der Waals surface area contributed by atoms with Crippen molar-refractivity contribution in [3.05, 3.63) is 88.9 Å². The highest BCUT2D eigenvalue weighted by atomic mass is 19.1. The first-order chi connectivity index (χ1) is 14.1. The zero-order valence-electron chi connectivity index (χ0n) is 16.1. The smallest absolute Gasteiger partial charge is 0.335 e. The first-order valence-corrected chi connectivity index (χ1v) is 9.84. The number of carboxylic acids is 1. The van der Waals surface area contributed by atoms with E-state index < -0.39 is 5.97 Å². The fourth-order valence-corrected chi connectivity index (χ4v) is 3.81. The third-order valence-electron chi connectivity index (χ3n) is 5.35. The Morgan fingerprint density at radius 1 is 1.10 bits per heavy atom. The molecule has 0 spiro atoms. The molecule has 6 heteroatoms. The van der Waals surface area contributed by atoms with Crippen molar-refractivity contribution in [2.75, 3.05) is 6.54 Å². The molecule has 1 fully saturated rings. The van der Waals surface area contributed by atoms with Crippen LogP contribution in [0.25, 0.3) is 0 Å². The fourth-order valence-electron chi connectivity index (χ4n) is 3.81. The monoisotopic (exact) mass is 394 g/mol. The van der Waals surface area contributed by atoms with Crippen LogP contribution in [0.1, 0.15) is 58.4 Å². The summed E-state index contributed by atoms with van der Waals surface area (Å²) in [5.74, 6) is 0.314. The molecule has 0 amide bonds. The lowest BCUT2D eigenvalue weighted by Gasteiger charge is -2.33. The number of piperidine rings is 1. The normalized spacial score (nSPS) is 17.3. The molecule has 1 atom stereocenters. The third-order valence-corrected chi connectivity index (χ3v) is 5.35. The van der Waals surface area contributed by atoms with E-state index in [-0.39, 0.29) is 11.9 Å². The second-order valence-corrected chi connectivity index (χ2v) is 7.45. The van der Waals surface area contributed by atoms with Crippen LogP contribution in [-0.2, 0) is 13.0 Å². The van der Waals surface area contributed by atoms with Gasteiger partial charge in [0.25, 0.3) is 0 Å². The maximum Gasteiger partial charge on any atom is 0.335 e. The minimum absolute atomic E-state index is 0.102. The number of carbonyl (C=O) groups is 1. The van der Waals surface area contributed by atoms with E-state index >= 15 is 0 Å². The Morgan fingerprint density at radius 2 is 1.83 bits per heavy atom. The van der Waals surface area contributed by atoms with Gasteiger partial charge in [0.2, 0.25) is 5.89 Å². The Hall–Kier alpha value is -2.99. The van der Waals surface area contributed by atoms with E-state index in [1.54, 1.807) is 30.5 Å². The maximum atomic E-state index is 13.1. The van der Waals surface area contributed by atoms with E-state index in [0.29, 0.717) is 17.9 Å². The average Bonchev–Trinajstić information content (AvgIpc) is 3.19. The molecule has 1 saturated heterocycles. The van der Waals surface area contributed by atoms with Gasteiger partial charge in [-0.25, -0.2) is 14.2 Å². The minimum atomic E-state index is -0.916. The number of halogens is 1. The molecule has 5 nitrogen and oxygen atoms in total. The van der Waals surface area contributed by atoms with Gasteiger partial charge in [-0.1, -0.05) is 30.7 Å². The van der Waals surface area contributed by atoms with Crippen LogP contribution < -0.4 is 0 Å². The zero-order valence-corrected chi connectivity index (χ0v) is 16.1. The predicted octanol–water partition coefficient (Wildman–Crippen LogP) is 4.83. The molecule has 0 bridgehead atoms. The maximum absolute atomic E-state index is 13.1. The quantitative estimate of drug-likeness (QED) is 0.649. The molecule has 150 valence electrons. The van der Waals surface area contributed by atoms with E-state index in [1.807, 2.05) is 12.1 Å². The van der Waals surface area contributed by atoms with Crippen molar-refractivity contribution in [3.8, 4) is 0 Å². The first kappa shape index (κ1) is 19.3. The molecule has 4 rings (SSSR count). The molecule has 29 heavy (non-hydrogen) atoms. The zero-order chi connectivity index (χ0) is 20.2. The Kier molecular flexibility index (Phi) is 5.71. The average molecular weight is 394 g/mol. The number of carboxylic acid groups (broad SMARTS) is 1. The lowest BCUT2D eigenvalue weighted by atomic mass is 10.0. The Labute approximate surface area is 168 Å². The van der Waals surface area contributed by atoms with Crippen LogP contribution in [0.2, 0.25) is 0 Å². The molecule has 1 N–H and O–H groups in total. The second-order valence-electron chi connectivity index (χ2n) is 7.45. The Balaban J connectivity index is 1.46. The summed E-state index contributed by atoms with van der Waals surface area (Å²) in [6.07, 6.45) is 5.55. The van der Waals surface area contributed by atoms with Crippen LogP contribution >= 0.6 is 0 Å². The van der Waals surface area contributed by atoms with Crippen LogP contribution in [0.15, 0.2) is 59.1 Å². The van der Waals surface area contributed by atoms with E-state index in [4.69, 9.17) is 9.52 Å². The molecule has 0 aliphatic carbocycles. The van der Waals surface area contributed by atoms with E-state index in [9.17, 15) is 9.18 Å². The second kappa shape index (κ2) is 8.57. The van der Waals surface area contributed by atoms with Crippen LogP contribution in [0.3, 0.4) is 0 Å². The van der Waals surface area contributed by atoms with Gasteiger partial charge in [-0.2, -0.15) is 0 Å². The molecule has 0 radical (unpaired) electrons. The topological polar surface area (TPSA) is 66.6 Å². The highest BCUT2D eigenvalue weighted by Gasteiger charge is 2.28. The van der Waals surface area contributed by atoms with Gasteiger partial charge in [-0.05, 0) is 54.8 Å². The first-order valence-electron chi connectivity index (χ1n) is 9.84. The SMILES string of the molecule is O=C(O)c1ccc(CN2CCCCC2c2ncc(Cc3ccc(F)cc3)o2)cc1. The van der Waals surface area contributed by atoms with Gasteiger partial charge in [-0.15, -0.1) is 0 Å². The summed E-state index contributed by atoms with van der Waals surface area (Å²) in [4.78, 5) is 17.9. The molecule has 1 unspecified atom stereocenters. The number of oxazole rings is 1. The Bertz CT molecular complexity index is 967. The Morgan fingerprint density at radius 3 is 2.55 bits per heavy atom. The molecule has 1 aromatic heterocycles. The number of nitrogens with zero attached hydrogens (tertiary/aromatic N) is 2. The molecule has 2 heterocycles. The van der Waals surface area contributed by atoms with Crippen molar-refractivity contribution in [1.82, 2.24) is 9.88 Å². The summed E-state index contributed by atoms with van der Waals surface area (Å²) in [6.45, 7) is 1.67. The summed E-state index contributed by atoms with van der Waals surface area (Å²) in [5, 5.41) is 9.06. The molecule has 1 aliphatic heterocycles. The molecule has 2 aromatic carbocycles. The van der Waals surface area contributed by atoms with Gasteiger partial charge >= 0.3 is 5.97 Å². The lowest BCUT2D eigenvalue weighted by molar-refractivity contribution is 0.0697. The van der Waals surface area contributed by atoms with Crippen molar-refractivity contribution in [1.29, 1.82) is 0 Å². The number of likely N-dealkylation sites (tertiary alicyclic amines) is 1. The van der Waals surface area contributed by atoms with Crippen LogP contribution in [0.5, 0.6) is 0 Å². The van der Waals surface area contributed by atoms with Crippen molar-refractivity contribution in [2.45, 2.75) is 38.3 Å².